The van der Waals surface area contributed by atoms with E-state index in [-0.39, 0.29) is 66.7 Å². The van der Waals surface area contributed by atoms with E-state index in [1.165, 1.54) is 16.7 Å². The lowest BCUT2D eigenvalue weighted by atomic mass is 10.1. The predicted octanol–water partition coefficient (Wildman–Crippen LogP) is -2.57. The lowest BCUT2D eigenvalue weighted by molar-refractivity contribution is -0.138. The highest BCUT2D eigenvalue weighted by atomic mass is 16.2. The van der Waals surface area contributed by atoms with Gasteiger partial charge in [-0.2, -0.15) is 0 Å². The van der Waals surface area contributed by atoms with Gasteiger partial charge in [0.15, 0.2) is 11.7 Å². The summed E-state index contributed by atoms with van der Waals surface area (Å²) in [4.78, 5) is 125. The maximum absolute atomic E-state index is 12.3. The molecule has 424 valence electrons. The van der Waals surface area contributed by atoms with E-state index in [2.05, 4.69) is 26.3 Å². The minimum atomic E-state index is -0.795. The first-order valence-electron chi connectivity index (χ1n) is 25.2. The van der Waals surface area contributed by atoms with E-state index in [0.717, 1.165) is 16.7 Å². The van der Waals surface area contributed by atoms with Crippen LogP contribution in [0.3, 0.4) is 0 Å². The van der Waals surface area contributed by atoms with Crippen LogP contribution in [0.5, 0.6) is 0 Å². The van der Waals surface area contributed by atoms with Crippen LogP contribution < -0.4 is 67.1 Å². The Kier molecular flexibility index (Phi) is 25.3. The molecule has 26 nitrogen and oxygen atoms in total. The van der Waals surface area contributed by atoms with Crippen molar-refractivity contribution in [2.24, 2.45) is 45.1 Å². The Bertz CT molecular complexity index is 2610. The molecule has 3 saturated heterocycles. The predicted molar refractivity (Wildman–Crippen MR) is 294 cm³/mol. The number of hydrogen-bond donors (Lipinski definition) is 12. The molecule has 20 N–H and O–H groups in total. The molecule has 3 aliphatic heterocycles. The van der Waals surface area contributed by atoms with Gasteiger partial charge in [0.2, 0.25) is 53.2 Å². The molecule has 2 unspecified atom stereocenters. The largest absolute Gasteiger partial charge is 0.399 e. The van der Waals surface area contributed by atoms with Crippen molar-refractivity contribution in [2.45, 2.75) is 115 Å². The zero-order chi connectivity index (χ0) is 58.4. The van der Waals surface area contributed by atoms with Gasteiger partial charge in [-0.25, -0.2) is 0 Å². The standard InChI is InChI=1S/C18H27N7O3.C18H25N5O4.C8H14N2O2.C8H10N2O/c1-11(25-9-7-14(19)17(25)28)16(27)23-10-15(26)24-13-4-2-12(3-5-13)6-8-22-18(20)21;1-10(21-17(26)11(2)23-8-7-14(19)18(23)27)16(25)22-13-5-3-12(4-6-13)9-15(20)24;1-5(6(2)11)10-4-3-7(9)8(10)12;9-7-3-1-6(2-4-7)5-8(10)11/h2-5,11,14H,6-10,19H2,1H3,(H,23,27)(H,24,26)(H4,20,21,22);3-6,10-11,14H,7-9,19H2,1-2H3,(H2,20,24)(H,21,26)(H,22,25);5,7H,3-4,9H2,1-2H3;1-4H,5,9H2,(H2,10,11)/t11-,14?;10-,11-,14?;5-,7+;/m000./s1. The molecule has 3 fully saturated rings. The lowest BCUT2D eigenvalue weighted by Gasteiger charge is -2.25. The van der Waals surface area contributed by atoms with Crippen LogP contribution in [0.4, 0.5) is 17.1 Å². The van der Waals surface area contributed by atoms with Gasteiger partial charge >= 0.3 is 0 Å². The second-order valence-electron chi connectivity index (χ2n) is 18.9. The monoisotopic (exact) mass is 1080 g/mol. The van der Waals surface area contributed by atoms with E-state index >= 15 is 0 Å². The fourth-order valence-corrected chi connectivity index (χ4v) is 7.81. The fraction of sp³-hybridized carbons (Fsp3) is 0.442. The normalized spacial score (nSPS) is 18.0. The summed E-state index contributed by atoms with van der Waals surface area (Å²) in [5.74, 6) is -2.87. The van der Waals surface area contributed by atoms with E-state index in [0.29, 0.717) is 68.9 Å². The van der Waals surface area contributed by atoms with Crippen LogP contribution in [0.15, 0.2) is 77.8 Å². The van der Waals surface area contributed by atoms with Gasteiger partial charge in [0.1, 0.15) is 18.1 Å². The smallest absolute Gasteiger partial charge is 0.246 e. The van der Waals surface area contributed by atoms with Crippen LogP contribution in [-0.4, -0.2) is 155 Å². The van der Waals surface area contributed by atoms with E-state index in [1.807, 2.05) is 12.1 Å². The molecule has 6 rings (SSSR count). The zero-order valence-corrected chi connectivity index (χ0v) is 44.7. The van der Waals surface area contributed by atoms with Gasteiger partial charge in [-0.05, 0) is 113 Å². The summed E-state index contributed by atoms with van der Waals surface area (Å²) in [6.07, 6.45) is 2.78. The number of nitrogens with one attached hydrogen (secondary N) is 4. The van der Waals surface area contributed by atoms with Gasteiger partial charge in [-0.1, -0.05) is 36.4 Å². The Balaban J connectivity index is 0.000000295. The molecule has 26 heteroatoms. The number of anilines is 3. The molecule has 0 aliphatic carbocycles. The zero-order valence-electron chi connectivity index (χ0n) is 44.7. The number of Topliss-reactive ketones (excluding diaryl/α,β-unsaturated/α-hetero) is 1. The minimum absolute atomic E-state index is 0.0115. The van der Waals surface area contributed by atoms with E-state index in [1.54, 1.807) is 93.3 Å². The number of nitrogen functional groups attached to an aromatic ring is 1. The molecule has 3 heterocycles. The highest BCUT2D eigenvalue weighted by Gasteiger charge is 2.37. The molecule has 7 atom stereocenters. The Morgan fingerprint density at radius 1 is 0.564 bits per heavy atom. The maximum atomic E-state index is 12.3. The Morgan fingerprint density at radius 3 is 1.36 bits per heavy atom. The van der Waals surface area contributed by atoms with E-state index < -0.39 is 59.9 Å². The second-order valence-corrected chi connectivity index (χ2v) is 18.9. The van der Waals surface area contributed by atoms with Crippen molar-refractivity contribution in [3.8, 4) is 0 Å². The number of nitrogens with zero attached hydrogens (tertiary/aromatic N) is 4. The SMILES string of the molecule is CC(=O)[C@H](C)N1CC[C@@H](N)C1=O.C[C@@H](C(=O)NCC(=O)Nc1ccc(CCN=C(N)N)cc1)N1CCC(N)C1=O.C[C@H](NC(=O)[C@H](C)N1CCC(N)C1=O)C(=O)Nc1ccc(CC(N)=O)cc1.NC(=O)Cc1ccc(N)cc1. The third kappa shape index (κ3) is 20.9. The Hall–Kier alpha value is -8.49. The Morgan fingerprint density at radius 2 is 0.962 bits per heavy atom. The number of guanidine groups is 1. The molecule has 0 spiro atoms. The van der Waals surface area contributed by atoms with Crippen molar-refractivity contribution in [3.05, 3.63) is 89.5 Å². The van der Waals surface area contributed by atoms with Crippen LogP contribution in [0.25, 0.3) is 0 Å². The third-order valence-electron chi connectivity index (χ3n) is 12.7. The number of amides is 9. The van der Waals surface area contributed by atoms with Gasteiger partial charge in [-0.3, -0.25) is 52.9 Å². The number of ketones is 1. The molecule has 9 amide bonds. The molecule has 78 heavy (non-hydrogen) atoms. The number of rotatable bonds is 19. The van der Waals surface area contributed by atoms with Crippen LogP contribution >= 0.6 is 0 Å². The number of carbonyl (C=O) groups is 10. The second kappa shape index (κ2) is 30.9. The maximum Gasteiger partial charge on any atom is 0.246 e. The average molecular weight is 1090 g/mol. The van der Waals surface area contributed by atoms with Crippen molar-refractivity contribution in [2.75, 3.05) is 49.1 Å². The number of hydrogen-bond acceptors (Lipinski definition) is 15. The summed E-state index contributed by atoms with van der Waals surface area (Å²) in [6.45, 7) is 9.77. The number of carbonyl (C=O) groups excluding carboxylic acids is 10. The fourth-order valence-electron chi connectivity index (χ4n) is 7.81. The number of likely N-dealkylation sites (tertiary alicyclic amines) is 3. The first-order chi connectivity index (χ1) is 36.7. The van der Waals surface area contributed by atoms with Gasteiger partial charge < -0.3 is 81.8 Å². The van der Waals surface area contributed by atoms with Crippen LogP contribution in [0.1, 0.15) is 70.6 Å². The average Bonchev–Trinajstić information content (AvgIpc) is 4.04. The van der Waals surface area contributed by atoms with Crippen LogP contribution in [-0.2, 0) is 67.2 Å². The number of nitrogens with two attached hydrogens (primary N) is 8. The molecule has 3 aliphatic rings. The summed E-state index contributed by atoms with van der Waals surface area (Å²) in [5.41, 5.74) is 47.4. The molecular formula is C52H76N16O10. The molecule has 0 radical (unpaired) electrons. The minimum Gasteiger partial charge on any atom is -0.399 e. The van der Waals surface area contributed by atoms with Gasteiger partial charge in [-0.15, -0.1) is 0 Å². The van der Waals surface area contributed by atoms with Gasteiger partial charge in [0.25, 0.3) is 0 Å². The molecular weight excluding hydrogens is 1010 g/mol. The van der Waals surface area contributed by atoms with Crippen molar-refractivity contribution in [3.63, 3.8) is 0 Å². The molecule has 3 aromatic rings. The van der Waals surface area contributed by atoms with Crippen molar-refractivity contribution < 1.29 is 47.9 Å². The highest BCUT2D eigenvalue weighted by molar-refractivity contribution is 5.99. The van der Waals surface area contributed by atoms with Crippen LogP contribution in [0.2, 0.25) is 0 Å². The molecule has 3 aromatic carbocycles. The summed E-state index contributed by atoms with van der Waals surface area (Å²) >= 11 is 0. The topological polar surface area (TPSA) is 449 Å². The molecule has 0 bridgehead atoms. The summed E-state index contributed by atoms with van der Waals surface area (Å²) < 4.78 is 0. The van der Waals surface area contributed by atoms with Crippen LogP contribution in [0, 0.1) is 0 Å². The first kappa shape index (κ1) is 63.8. The van der Waals surface area contributed by atoms with Gasteiger partial charge in [0, 0.05) is 43.2 Å². The summed E-state index contributed by atoms with van der Waals surface area (Å²) in [7, 11) is 0. The number of primary amides is 2. The molecule has 0 aromatic heterocycles. The van der Waals surface area contributed by atoms with E-state index in [4.69, 9.17) is 45.9 Å². The first-order valence-corrected chi connectivity index (χ1v) is 25.2. The van der Waals surface area contributed by atoms with Crippen molar-refractivity contribution >= 4 is 82.0 Å². The number of benzene rings is 3. The van der Waals surface area contributed by atoms with Crippen molar-refractivity contribution in [1.29, 1.82) is 0 Å². The molecule has 0 saturated carbocycles. The summed E-state index contributed by atoms with van der Waals surface area (Å²) in [5, 5.41) is 10.5. The quantitative estimate of drug-likeness (QED) is 0.0334. The number of aliphatic imine (C=N–C) groups is 1. The van der Waals surface area contributed by atoms with E-state index in [9.17, 15) is 47.9 Å². The lowest BCUT2D eigenvalue weighted by Crippen LogP contribution is -2.51. The Labute approximate surface area is 453 Å². The van der Waals surface area contributed by atoms with Gasteiger partial charge in [0.05, 0.1) is 43.6 Å². The van der Waals surface area contributed by atoms with Crippen molar-refractivity contribution in [1.82, 2.24) is 25.3 Å². The third-order valence-corrected chi connectivity index (χ3v) is 12.7. The summed E-state index contributed by atoms with van der Waals surface area (Å²) in [6, 6.07) is 17.0. The highest BCUT2D eigenvalue weighted by Crippen LogP contribution is 2.17.